The third-order valence-corrected chi connectivity index (χ3v) is 2.76. The van der Waals surface area contributed by atoms with Crippen LogP contribution in [0.3, 0.4) is 0 Å². The van der Waals surface area contributed by atoms with E-state index in [0.29, 0.717) is 6.42 Å². The van der Waals surface area contributed by atoms with Crippen molar-refractivity contribution in [3.05, 3.63) is 60.1 Å². The molecule has 0 aliphatic heterocycles. The first kappa shape index (κ1) is 11.9. The second-order valence-corrected chi connectivity index (χ2v) is 3.97. The molecule has 0 fully saturated rings. The highest BCUT2D eigenvalue weighted by Gasteiger charge is 2.21. The van der Waals surface area contributed by atoms with Crippen molar-refractivity contribution in [2.75, 3.05) is 7.11 Å². The number of aliphatic hydroxyl groups excluding tert-OH is 1. The fraction of sp³-hybridized carbons (Fsp3) is 0.286. The Bertz CT molecular complexity index is 422. The summed E-state index contributed by atoms with van der Waals surface area (Å²) in [4.78, 5) is 0. The van der Waals surface area contributed by atoms with Crippen molar-refractivity contribution in [3.8, 4) is 0 Å². The second kappa shape index (κ2) is 5.66. The number of ether oxygens (including phenoxy) is 1. The molecule has 1 heterocycles. The Balaban J connectivity index is 2.08. The zero-order valence-electron chi connectivity index (χ0n) is 9.74. The fourth-order valence-electron chi connectivity index (χ4n) is 1.92. The van der Waals surface area contributed by atoms with E-state index in [1.165, 1.54) is 0 Å². The van der Waals surface area contributed by atoms with Crippen LogP contribution in [-0.2, 0) is 11.2 Å². The summed E-state index contributed by atoms with van der Waals surface area (Å²) >= 11 is 0. The molecule has 1 N–H and O–H groups in total. The van der Waals surface area contributed by atoms with Gasteiger partial charge in [-0.05, 0) is 17.2 Å². The molecule has 3 nitrogen and oxygen atoms in total. The number of hydrogen-bond acceptors (Lipinski definition) is 3. The molecule has 2 unspecified atom stereocenters. The lowest BCUT2D eigenvalue weighted by molar-refractivity contribution is -0.0129. The van der Waals surface area contributed by atoms with Crippen molar-refractivity contribution in [3.63, 3.8) is 0 Å². The molecule has 0 saturated carbocycles. The molecule has 3 heteroatoms. The van der Waals surface area contributed by atoms with Crippen LogP contribution in [-0.4, -0.2) is 18.3 Å². The Labute approximate surface area is 101 Å². The summed E-state index contributed by atoms with van der Waals surface area (Å²) < 4.78 is 10.3. The van der Waals surface area contributed by atoms with Gasteiger partial charge < -0.3 is 14.3 Å². The van der Waals surface area contributed by atoms with Crippen LogP contribution in [0, 0.1) is 0 Å². The third-order valence-electron chi connectivity index (χ3n) is 2.76. The van der Waals surface area contributed by atoms with Gasteiger partial charge in [-0.1, -0.05) is 30.3 Å². The van der Waals surface area contributed by atoms with E-state index in [4.69, 9.17) is 9.15 Å². The first-order chi connectivity index (χ1) is 8.31. The fourth-order valence-corrected chi connectivity index (χ4v) is 1.92. The minimum atomic E-state index is -0.583. The van der Waals surface area contributed by atoms with E-state index in [2.05, 4.69) is 0 Å². The summed E-state index contributed by atoms with van der Waals surface area (Å²) in [7, 11) is 1.61. The van der Waals surface area contributed by atoms with Crippen LogP contribution in [0.4, 0.5) is 0 Å². The van der Waals surface area contributed by atoms with E-state index in [1.54, 1.807) is 19.6 Å². The summed E-state index contributed by atoms with van der Waals surface area (Å²) in [6.45, 7) is 0. The van der Waals surface area contributed by atoms with Gasteiger partial charge in [0.15, 0.2) is 0 Å². The largest absolute Gasteiger partial charge is 0.472 e. The Morgan fingerprint density at radius 3 is 2.59 bits per heavy atom. The molecule has 0 spiro atoms. The number of aliphatic hydroxyl groups is 1. The van der Waals surface area contributed by atoms with E-state index in [1.807, 2.05) is 36.4 Å². The summed E-state index contributed by atoms with van der Waals surface area (Å²) in [5.74, 6) is 0. The molecule has 0 bridgehead atoms. The van der Waals surface area contributed by atoms with Crippen molar-refractivity contribution >= 4 is 0 Å². The van der Waals surface area contributed by atoms with Gasteiger partial charge in [-0.3, -0.25) is 0 Å². The van der Waals surface area contributed by atoms with Gasteiger partial charge in [0.2, 0.25) is 0 Å². The van der Waals surface area contributed by atoms with E-state index in [-0.39, 0.29) is 6.10 Å². The first-order valence-corrected chi connectivity index (χ1v) is 5.58. The van der Waals surface area contributed by atoms with Gasteiger partial charge in [0.05, 0.1) is 18.6 Å². The van der Waals surface area contributed by atoms with Crippen molar-refractivity contribution in [2.24, 2.45) is 0 Å². The third kappa shape index (κ3) is 2.96. The van der Waals surface area contributed by atoms with Crippen LogP contribution in [0.25, 0.3) is 0 Å². The predicted octanol–water partition coefficient (Wildman–Crippen LogP) is 2.57. The minimum Gasteiger partial charge on any atom is -0.472 e. The monoisotopic (exact) mass is 232 g/mol. The molecule has 0 aliphatic carbocycles. The SMILES string of the molecule is COC(c1ccccc1)C(O)Cc1ccoc1. The van der Waals surface area contributed by atoms with Gasteiger partial charge in [0.25, 0.3) is 0 Å². The molecule has 90 valence electrons. The maximum Gasteiger partial charge on any atom is 0.108 e. The minimum absolute atomic E-state index is 0.314. The number of methoxy groups -OCH3 is 1. The Hall–Kier alpha value is -1.58. The molecule has 1 aromatic heterocycles. The average molecular weight is 232 g/mol. The lowest BCUT2D eigenvalue weighted by Crippen LogP contribution is -2.22. The molecule has 2 atom stereocenters. The maximum absolute atomic E-state index is 10.2. The van der Waals surface area contributed by atoms with Crippen LogP contribution in [0.1, 0.15) is 17.2 Å². The van der Waals surface area contributed by atoms with Crippen LogP contribution < -0.4 is 0 Å². The Kier molecular flexibility index (Phi) is 3.96. The molecule has 1 aromatic carbocycles. The van der Waals surface area contributed by atoms with Gasteiger partial charge >= 0.3 is 0 Å². The number of benzene rings is 1. The smallest absolute Gasteiger partial charge is 0.108 e. The molecule has 0 radical (unpaired) electrons. The molecule has 0 amide bonds. The van der Waals surface area contributed by atoms with Gasteiger partial charge in [0, 0.05) is 13.5 Å². The van der Waals surface area contributed by atoms with Crippen molar-refractivity contribution < 1.29 is 14.3 Å². The van der Waals surface area contributed by atoms with Crippen molar-refractivity contribution in [2.45, 2.75) is 18.6 Å². The van der Waals surface area contributed by atoms with Crippen LogP contribution in [0.5, 0.6) is 0 Å². The number of furan rings is 1. The average Bonchev–Trinajstić information content (AvgIpc) is 2.84. The van der Waals surface area contributed by atoms with Gasteiger partial charge in [-0.15, -0.1) is 0 Å². The van der Waals surface area contributed by atoms with Crippen molar-refractivity contribution in [1.82, 2.24) is 0 Å². The lowest BCUT2D eigenvalue weighted by atomic mass is 10.00. The highest BCUT2D eigenvalue weighted by Crippen LogP contribution is 2.23. The molecule has 17 heavy (non-hydrogen) atoms. The maximum atomic E-state index is 10.2. The number of hydrogen-bond donors (Lipinski definition) is 1. The Morgan fingerprint density at radius 2 is 2.00 bits per heavy atom. The predicted molar refractivity (Wildman–Crippen MR) is 64.6 cm³/mol. The Morgan fingerprint density at radius 1 is 1.24 bits per heavy atom. The van der Waals surface area contributed by atoms with E-state index in [0.717, 1.165) is 11.1 Å². The molecular weight excluding hydrogens is 216 g/mol. The standard InChI is InChI=1S/C14H16O3/c1-16-14(12-5-3-2-4-6-12)13(15)9-11-7-8-17-10-11/h2-8,10,13-15H,9H2,1H3. The van der Waals surface area contributed by atoms with E-state index >= 15 is 0 Å². The number of rotatable bonds is 5. The topological polar surface area (TPSA) is 42.6 Å². The van der Waals surface area contributed by atoms with E-state index in [9.17, 15) is 5.11 Å². The lowest BCUT2D eigenvalue weighted by Gasteiger charge is -2.21. The zero-order valence-corrected chi connectivity index (χ0v) is 9.74. The van der Waals surface area contributed by atoms with Gasteiger partial charge in [0.1, 0.15) is 6.10 Å². The summed E-state index contributed by atoms with van der Waals surface area (Å²) in [5, 5.41) is 10.2. The highest BCUT2D eigenvalue weighted by molar-refractivity contribution is 5.20. The second-order valence-electron chi connectivity index (χ2n) is 3.97. The molecular formula is C14H16O3. The molecule has 0 aliphatic rings. The molecule has 2 aromatic rings. The summed E-state index contributed by atoms with van der Waals surface area (Å²) in [6.07, 6.45) is 2.86. The van der Waals surface area contributed by atoms with Crippen LogP contribution >= 0.6 is 0 Å². The van der Waals surface area contributed by atoms with Crippen LogP contribution in [0.15, 0.2) is 53.3 Å². The molecule has 2 rings (SSSR count). The molecule has 0 saturated heterocycles. The van der Waals surface area contributed by atoms with Crippen molar-refractivity contribution in [1.29, 1.82) is 0 Å². The van der Waals surface area contributed by atoms with E-state index < -0.39 is 6.10 Å². The summed E-state index contributed by atoms with van der Waals surface area (Å²) in [6, 6.07) is 11.6. The van der Waals surface area contributed by atoms with Crippen LogP contribution in [0.2, 0.25) is 0 Å². The van der Waals surface area contributed by atoms with Gasteiger partial charge in [-0.2, -0.15) is 0 Å². The highest BCUT2D eigenvalue weighted by atomic mass is 16.5. The first-order valence-electron chi connectivity index (χ1n) is 5.58. The quantitative estimate of drug-likeness (QED) is 0.861. The normalized spacial score (nSPS) is 14.5. The zero-order chi connectivity index (χ0) is 12.1. The van der Waals surface area contributed by atoms with Gasteiger partial charge in [-0.25, -0.2) is 0 Å². The summed E-state index contributed by atoms with van der Waals surface area (Å²) in [5.41, 5.74) is 1.95.